The number of nitrogens with one attached hydrogen (secondary N) is 1. The number of hydrazone groups is 1. The highest BCUT2D eigenvalue weighted by Crippen LogP contribution is 2.18. The molecule has 0 heterocycles. The standard InChI is InChI=1S/C21H24FN3O3/c22-18-6-3-5-17(12-18)19(13-21(27)28)25-20(26)7-2-1-4-15-8-10-16(11-9-15)14-24-23/h3,5-6,8-12,14,19H,1-2,4,7,13,23H2,(H,25,26)(H,27,28). The van der Waals surface area contributed by atoms with Gasteiger partial charge in [-0.05, 0) is 48.1 Å². The Kier molecular flexibility index (Phi) is 8.14. The van der Waals surface area contributed by atoms with Gasteiger partial charge in [0.2, 0.25) is 5.91 Å². The molecule has 0 aromatic heterocycles. The average molecular weight is 385 g/mol. The molecule has 4 N–H and O–H groups in total. The second kappa shape index (κ2) is 10.8. The monoisotopic (exact) mass is 385 g/mol. The zero-order valence-corrected chi connectivity index (χ0v) is 15.5. The molecule has 148 valence electrons. The first-order valence-corrected chi connectivity index (χ1v) is 9.06. The lowest BCUT2D eigenvalue weighted by atomic mass is 10.0. The number of carbonyl (C=O) groups is 2. The van der Waals surface area contributed by atoms with E-state index in [9.17, 15) is 14.0 Å². The highest BCUT2D eigenvalue weighted by molar-refractivity contribution is 5.79. The normalized spacial score (nSPS) is 12.0. The van der Waals surface area contributed by atoms with Crippen molar-refractivity contribution in [2.75, 3.05) is 0 Å². The van der Waals surface area contributed by atoms with E-state index in [2.05, 4.69) is 10.4 Å². The fraction of sp³-hybridized carbons (Fsp3) is 0.286. The molecule has 1 atom stereocenters. The molecule has 1 amide bonds. The molecular weight excluding hydrogens is 361 g/mol. The number of carboxylic acid groups (broad SMARTS) is 1. The van der Waals surface area contributed by atoms with E-state index in [1.807, 2.05) is 24.3 Å². The molecule has 28 heavy (non-hydrogen) atoms. The van der Waals surface area contributed by atoms with Crippen LogP contribution in [-0.2, 0) is 16.0 Å². The van der Waals surface area contributed by atoms with Crippen LogP contribution in [0.4, 0.5) is 4.39 Å². The summed E-state index contributed by atoms with van der Waals surface area (Å²) < 4.78 is 13.4. The van der Waals surface area contributed by atoms with Gasteiger partial charge in [0, 0.05) is 6.42 Å². The minimum Gasteiger partial charge on any atom is -0.481 e. The minimum atomic E-state index is -1.06. The summed E-state index contributed by atoms with van der Waals surface area (Å²) in [6, 6.07) is 12.7. The Labute approximate surface area is 163 Å². The number of hydrogen-bond acceptors (Lipinski definition) is 4. The molecule has 7 heteroatoms. The number of nitrogens with two attached hydrogens (primary N) is 1. The van der Waals surface area contributed by atoms with Crippen LogP contribution in [0.1, 0.15) is 48.4 Å². The Morgan fingerprint density at radius 1 is 1.18 bits per heavy atom. The zero-order valence-electron chi connectivity index (χ0n) is 15.5. The van der Waals surface area contributed by atoms with Gasteiger partial charge in [-0.25, -0.2) is 4.39 Å². The molecule has 1 unspecified atom stereocenters. The van der Waals surface area contributed by atoms with Gasteiger partial charge in [-0.1, -0.05) is 36.4 Å². The summed E-state index contributed by atoms with van der Waals surface area (Å²) in [4.78, 5) is 23.3. The van der Waals surface area contributed by atoms with Gasteiger partial charge in [-0.3, -0.25) is 9.59 Å². The van der Waals surface area contributed by atoms with E-state index >= 15 is 0 Å². The first-order valence-electron chi connectivity index (χ1n) is 9.06. The lowest BCUT2D eigenvalue weighted by Gasteiger charge is -2.17. The van der Waals surface area contributed by atoms with E-state index < -0.39 is 17.8 Å². The van der Waals surface area contributed by atoms with Crippen molar-refractivity contribution < 1.29 is 19.1 Å². The van der Waals surface area contributed by atoms with Crippen LogP contribution in [0.5, 0.6) is 0 Å². The quantitative estimate of drug-likeness (QED) is 0.253. The van der Waals surface area contributed by atoms with Gasteiger partial charge in [0.1, 0.15) is 5.82 Å². The maximum atomic E-state index is 13.4. The van der Waals surface area contributed by atoms with Crippen molar-refractivity contribution >= 4 is 18.1 Å². The Morgan fingerprint density at radius 3 is 2.57 bits per heavy atom. The largest absolute Gasteiger partial charge is 0.481 e. The molecule has 0 bridgehead atoms. The van der Waals surface area contributed by atoms with Crippen molar-refractivity contribution in [3.8, 4) is 0 Å². The van der Waals surface area contributed by atoms with Crippen molar-refractivity contribution in [2.45, 2.75) is 38.1 Å². The first-order chi connectivity index (χ1) is 13.5. The van der Waals surface area contributed by atoms with Gasteiger partial charge < -0.3 is 16.3 Å². The van der Waals surface area contributed by atoms with E-state index in [0.717, 1.165) is 24.0 Å². The lowest BCUT2D eigenvalue weighted by Crippen LogP contribution is -2.30. The van der Waals surface area contributed by atoms with E-state index in [0.29, 0.717) is 12.0 Å². The number of unbranched alkanes of at least 4 members (excludes halogenated alkanes) is 1. The Bertz CT molecular complexity index is 822. The molecule has 0 saturated heterocycles. The number of aliphatic carboxylic acids is 1. The number of hydrogen-bond donors (Lipinski definition) is 3. The molecule has 0 radical (unpaired) electrons. The third-order valence-corrected chi connectivity index (χ3v) is 4.29. The topological polar surface area (TPSA) is 105 Å². The molecule has 2 aromatic rings. The van der Waals surface area contributed by atoms with Gasteiger partial charge in [0.05, 0.1) is 18.7 Å². The summed E-state index contributed by atoms with van der Waals surface area (Å²) in [5.74, 6) is 3.34. The van der Waals surface area contributed by atoms with Crippen LogP contribution in [0, 0.1) is 5.82 Å². The summed E-state index contributed by atoms with van der Waals surface area (Å²) in [6.07, 6.45) is 3.87. The van der Waals surface area contributed by atoms with E-state index in [1.54, 1.807) is 12.3 Å². The average Bonchev–Trinajstić information content (AvgIpc) is 2.66. The molecule has 0 aliphatic carbocycles. The van der Waals surface area contributed by atoms with Crippen LogP contribution in [-0.4, -0.2) is 23.2 Å². The molecule has 0 fully saturated rings. The molecule has 0 spiro atoms. The lowest BCUT2D eigenvalue weighted by molar-refractivity contribution is -0.137. The van der Waals surface area contributed by atoms with Gasteiger partial charge in [0.25, 0.3) is 0 Å². The van der Waals surface area contributed by atoms with E-state index in [1.165, 1.54) is 18.2 Å². The zero-order chi connectivity index (χ0) is 20.4. The Hall–Kier alpha value is -3.22. The van der Waals surface area contributed by atoms with Gasteiger partial charge in [-0.2, -0.15) is 5.10 Å². The first kappa shape index (κ1) is 21.1. The molecule has 6 nitrogen and oxygen atoms in total. The van der Waals surface area contributed by atoms with Crippen LogP contribution in [0.2, 0.25) is 0 Å². The van der Waals surface area contributed by atoms with E-state index in [-0.39, 0.29) is 18.7 Å². The van der Waals surface area contributed by atoms with Crippen molar-refractivity contribution in [2.24, 2.45) is 10.9 Å². The second-order valence-corrected chi connectivity index (χ2v) is 6.50. The second-order valence-electron chi connectivity index (χ2n) is 6.50. The summed E-state index contributed by atoms with van der Waals surface area (Å²) in [5, 5.41) is 15.2. The number of carboxylic acids is 1. The van der Waals surface area contributed by atoms with Crippen LogP contribution >= 0.6 is 0 Å². The molecule has 0 aliphatic rings. The maximum Gasteiger partial charge on any atom is 0.305 e. The predicted octanol–water partition coefficient (Wildman–Crippen LogP) is 3.16. The Morgan fingerprint density at radius 2 is 1.93 bits per heavy atom. The summed E-state index contributed by atoms with van der Waals surface area (Å²) in [6.45, 7) is 0. The molecule has 2 aromatic carbocycles. The summed E-state index contributed by atoms with van der Waals surface area (Å²) in [7, 11) is 0. The molecule has 0 saturated carbocycles. The number of aryl methyl sites for hydroxylation is 1. The number of carbonyl (C=O) groups excluding carboxylic acids is 1. The predicted molar refractivity (Wildman–Crippen MR) is 105 cm³/mol. The molecule has 0 aliphatic heterocycles. The van der Waals surface area contributed by atoms with Crippen molar-refractivity contribution in [3.05, 3.63) is 71.0 Å². The number of rotatable bonds is 10. The smallest absolute Gasteiger partial charge is 0.305 e. The van der Waals surface area contributed by atoms with Crippen LogP contribution in [0.15, 0.2) is 53.6 Å². The van der Waals surface area contributed by atoms with Crippen LogP contribution < -0.4 is 11.2 Å². The number of nitrogens with zero attached hydrogens (tertiary/aromatic N) is 1. The fourth-order valence-electron chi connectivity index (χ4n) is 2.89. The maximum absolute atomic E-state index is 13.4. The van der Waals surface area contributed by atoms with Gasteiger partial charge in [-0.15, -0.1) is 0 Å². The van der Waals surface area contributed by atoms with Crippen LogP contribution in [0.3, 0.4) is 0 Å². The highest BCUT2D eigenvalue weighted by atomic mass is 19.1. The summed E-state index contributed by atoms with van der Waals surface area (Å²) in [5.41, 5.74) is 2.52. The van der Waals surface area contributed by atoms with E-state index in [4.69, 9.17) is 10.9 Å². The SMILES string of the molecule is NN=Cc1ccc(CCCCC(=O)NC(CC(=O)O)c2cccc(F)c2)cc1. The number of halogens is 1. The third kappa shape index (κ3) is 7.19. The third-order valence-electron chi connectivity index (χ3n) is 4.29. The Balaban J connectivity index is 1.81. The summed E-state index contributed by atoms with van der Waals surface area (Å²) >= 11 is 0. The van der Waals surface area contributed by atoms with Gasteiger partial charge >= 0.3 is 5.97 Å². The van der Waals surface area contributed by atoms with Crippen molar-refractivity contribution in [3.63, 3.8) is 0 Å². The molecular formula is C21H24FN3O3. The fourth-order valence-corrected chi connectivity index (χ4v) is 2.89. The minimum absolute atomic E-state index is 0.245. The molecule has 2 rings (SSSR count). The number of benzene rings is 2. The van der Waals surface area contributed by atoms with Crippen molar-refractivity contribution in [1.29, 1.82) is 0 Å². The van der Waals surface area contributed by atoms with Crippen molar-refractivity contribution in [1.82, 2.24) is 5.32 Å². The van der Waals surface area contributed by atoms with Crippen LogP contribution in [0.25, 0.3) is 0 Å². The van der Waals surface area contributed by atoms with Gasteiger partial charge in [0.15, 0.2) is 0 Å². The highest BCUT2D eigenvalue weighted by Gasteiger charge is 2.18. The number of amides is 1.